The minimum absolute atomic E-state index is 0.00926. The zero-order valence-corrected chi connectivity index (χ0v) is 8.46. The summed E-state index contributed by atoms with van der Waals surface area (Å²) in [4.78, 5) is 13.8. The van der Waals surface area contributed by atoms with E-state index in [1.165, 1.54) is 12.3 Å². The Bertz CT molecular complexity index is 584. The standard InChI is InChI=1S/C12H10FNO2/c13-9-4-3-7(6-1-2-6)11-10(9)8(5-14-11)12(15)16/h3-6,14H,1-2H2,(H,15,16). The smallest absolute Gasteiger partial charge is 0.337 e. The minimum atomic E-state index is -1.10. The van der Waals surface area contributed by atoms with E-state index in [-0.39, 0.29) is 10.9 Å². The Labute approximate surface area is 90.9 Å². The molecule has 1 aromatic heterocycles. The summed E-state index contributed by atoms with van der Waals surface area (Å²) in [6.07, 6.45) is 3.56. The number of rotatable bonds is 2. The highest BCUT2D eigenvalue weighted by Gasteiger charge is 2.27. The third kappa shape index (κ3) is 1.23. The van der Waals surface area contributed by atoms with Crippen LogP contribution in [0.2, 0.25) is 0 Å². The molecule has 2 N–H and O–H groups in total. The van der Waals surface area contributed by atoms with Crippen LogP contribution in [-0.2, 0) is 0 Å². The Kier molecular flexibility index (Phi) is 1.80. The van der Waals surface area contributed by atoms with Crippen molar-refractivity contribution in [1.82, 2.24) is 4.98 Å². The molecule has 0 unspecified atom stereocenters. The molecule has 0 radical (unpaired) electrons. The second kappa shape index (κ2) is 3.07. The van der Waals surface area contributed by atoms with Crippen LogP contribution >= 0.6 is 0 Å². The molecule has 0 bridgehead atoms. The lowest BCUT2D eigenvalue weighted by Crippen LogP contribution is -1.95. The molecule has 1 fully saturated rings. The van der Waals surface area contributed by atoms with Crippen molar-refractivity contribution in [1.29, 1.82) is 0 Å². The van der Waals surface area contributed by atoms with Crippen LogP contribution in [0.25, 0.3) is 10.9 Å². The number of halogens is 1. The van der Waals surface area contributed by atoms with Gasteiger partial charge < -0.3 is 10.1 Å². The summed E-state index contributed by atoms with van der Waals surface area (Å²) in [6, 6.07) is 3.10. The van der Waals surface area contributed by atoms with Crippen molar-refractivity contribution in [2.75, 3.05) is 0 Å². The summed E-state index contributed by atoms with van der Waals surface area (Å²) in [7, 11) is 0. The fourth-order valence-corrected chi connectivity index (χ4v) is 2.13. The molecule has 0 aliphatic heterocycles. The zero-order chi connectivity index (χ0) is 11.3. The predicted octanol–water partition coefficient (Wildman–Crippen LogP) is 2.88. The lowest BCUT2D eigenvalue weighted by Gasteiger charge is -2.02. The second-order valence-electron chi connectivity index (χ2n) is 4.17. The number of fused-ring (bicyclic) bond motifs is 1. The van der Waals surface area contributed by atoms with Gasteiger partial charge in [-0.1, -0.05) is 6.07 Å². The molecule has 16 heavy (non-hydrogen) atoms. The van der Waals surface area contributed by atoms with E-state index >= 15 is 0 Å². The molecule has 3 nitrogen and oxygen atoms in total. The maximum atomic E-state index is 13.6. The van der Waals surface area contributed by atoms with Crippen molar-refractivity contribution in [3.8, 4) is 0 Å². The van der Waals surface area contributed by atoms with Gasteiger partial charge in [-0.05, 0) is 30.4 Å². The van der Waals surface area contributed by atoms with Crippen molar-refractivity contribution in [2.45, 2.75) is 18.8 Å². The highest BCUT2D eigenvalue weighted by atomic mass is 19.1. The number of benzene rings is 1. The monoisotopic (exact) mass is 219 g/mol. The summed E-state index contributed by atoms with van der Waals surface area (Å²) < 4.78 is 13.6. The molecule has 1 aliphatic carbocycles. The van der Waals surface area contributed by atoms with Gasteiger partial charge in [0.05, 0.1) is 16.5 Å². The molecular formula is C12H10FNO2. The molecule has 3 rings (SSSR count). The molecule has 1 heterocycles. The van der Waals surface area contributed by atoms with E-state index in [1.807, 2.05) is 0 Å². The highest BCUT2D eigenvalue weighted by Crippen LogP contribution is 2.43. The normalized spacial score (nSPS) is 15.6. The van der Waals surface area contributed by atoms with Crippen LogP contribution in [0.3, 0.4) is 0 Å². The van der Waals surface area contributed by atoms with Gasteiger partial charge >= 0.3 is 5.97 Å². The van der Waals surface area contributed by atoms with Gasteiger partial charge in [0.25, 0.3) is 0 Å². The maximum Gasteiger partial charge on any atom is 0.337 e. The molecule has 2 aromatic rings. The molecule has 0 saturated heterocycles. The Balaban J connectivity index is 2.34. The van der Waals surface area contributed by atoms with E-state index in [2.05, 4.69) is 4.98 Å². The first kappa shape index (κ1) is 9.39. The van der Waals surface area contributed by atoms with Gasteiger partial charge in [0, 0.05) is 6.20 Å². The largest absolute Gasteiger partial charge is 0.478 e. The summed E-state index contributed by atoms with van der Waals surface area (Å²) >= 11 is 0. The van der Waals surface area contributed by atoms with Crippen LogP contribution in [0.5, 0.6) is 0 Å². The number of aromatic carboxylic acids is 1. The van der Waals surface area contributed by atoms with Crippen LogP contribution in [0.4, 0.5) is 4.39 Å². The number of H-pyrrole nitrogens is 1. The number of carboxylic acid groups (broad SMARTS) is 1. The van der Waals surface area contributed by atoms with Gasteiger partial charge in [0.15, 0.2) is 0 Å². The molecule has 0 amide bonds. The first-order chi connectivity index (χ1) is 7.68. The van der Waals surface area contributed by atoms with E-state index < -0.39 is 11.8 Å². The fraction of sp³-hybridized carbons (Fsp3) is 0.250. The Morgan fingerprint density at radius 1 is 1.44 bits per heavy atom. The quantitative estimate of drug-likeness (QED) is 0.815. The van der Waals surface area contributed by atoms with Gasteiger partial charge in [-0.25, -0.2) is 9.18 Å². The van der Waals surface area contributed by atoms with Gasteiger partial charge in [0.2, 0.25) is 0 Å². The van der Waals surface area contributed by atoms with E-state index in [0.29, 0.717) is 11.4 Å². The summed E-state index contributed by atoms with van der Waals surface area (Å²) in [5.41, 5.74) is 1.68. The SMILES string of the molecule is O=C(O)c1c[nH]c2c(C3CC3)ccc(F)c12. The lowest BCUT2D eigenvalue weighted by molar-refractivity contribution is 0.0699. The first-order valence-electron chi connectivity index (χ1n) is 5.21. The number of hydrogen-bond acceptors (Lipinski definition) is 1. The topological polar surface area (TPSA) is 53.1 Å². The zero-order valence-electron chi connectivity index (χ0n) is 8.46. The van der Waals surface area contributed by atoms with Gasteiger partial charge in [-0.15, -0.1) is 0 Å². The Hall–Kier alpha value is -1.84. The van der Waals surface area contributed by atoms with Gasteiger partial charge in [-0.2, -0.15) is 0 Å². The molecule has 0 atom stereocenters. The second-order valence-corrected chi connectivity index (χ2v) is 4.17. The first-order valence-corrected chi connectivity index (χ1v) is 5.21. The van der Waals surface area contributed by atoms with E-state index in [1.54, 1.807) is 6.07 Å². The van der Waals surface area contributed by atoms with Crippen molar-refractivity contribution in [3.63, 3.8) is 0 Å². The molecule has 1 saturated carbocycles. The lowest BCUT2D eigenvalue weighted by atomic mass is 10.0. The van der Waals surface area contributed by atoms with Crippen LogP contribution in [0.15, 0.2) is 18.3 Å². The maximum absolute atomic E-state index is 13.6. The summed E-state index contributed by atoms with van der Waals surface area (Å²) in [5, 5.41) is 9.16. The Morgan fingerprint density at radius 3 is 2.81 bits per heavy atom. The molecule has 1 aliphatic rings. The minimum Gasteiger partial charge on any atom is -0.478 e. The summed E-state index contributed by atoms with van der Waals surface area (Å²) in [6.45, 7) is 0. The third-order valence-corrected chi connectivity index (χ3v) is 3.06. The average molecular weight is 219 g/mol. The van der Waals surface area contributed by atoms with Gasteiger partial charge in [0.1, 0.15) is 5.82 Å². The molecule has 1 aromatic carbocycles. The van der Waals surface area contributed by atoms with Crippen molar-refractivity contribution in [3.05, 3.63) is 35.3 Å². The predicted molar refractivity (Wildman–Crippen MR) is 57.2 cm³/mol. The number of aromatic nitrogens is 1. The van der Waals surface area contributed by atoms with Crippen molar-refractivity contribution in [2.24, 2.45) is 0 Å². The fourth-order valence-electron chi connectivity index (χ4n) is 2.13. The number of hydrogen-bond donors (Lipinski definition) is 2. The number of nitrogens with one attached hydrogen (secondary N) is 1. The highest BCUT2D eigenvalue weighted by molar-refractivity contribution is 6.04. The van der Waals surface area contributed by atoms with Crippen molar-refractivity contribution < 1.29 is 14.3 Å². The van der Waals surface area contributed by atoms with Crippen LogP contribution in [-0.4, -0.2) is 16.1 Å². The van der Waals surface area contributed by atoms with E-state index in [9.17, 15) is 9.18 Å². The number of aromatic amines is 1. The third-order valence-electron chi connectivity index (χ3n) is 3.06. The Morgan fingerprint density at radius 2 is 2.19 bits per heavy atom. The van der Waals surface area contributed by atoms with Crippen LogP contribution < -0.4 is 0 Å². The summed E-state index contributed by atoms with van der Waals surface area (Å²) in [5.74, 6) is -1.11. The average Bonchev–Trinajstić information content (AvgIpc) is 2.96. The van der Waals surface area contributed by atoms with Crippen LogP contribution in [0, 0.1) is 5.82 Å². The van der Waals surface area contributed by atoms with Gasteiger partial charge in [-0.3, -0.25) is 0 Å². The molecule has 4 heteroatoms. The van der Waals surface area contributed by atoms with E-state index in [0.717, 1.165) is 18.4 Å². The molecular weight excluding hydrogens is 209 g/mol. The van der Waals surface area contributed by atoms with Crippen LogP contribution in [0.1, 0.15) is 34.7 Å². The number of carbonyl (C=O) groups is 1. The molecule has 82 valence electrons. The number of carboxylic acids is 1. The van der Waals surface area contributed by atoms with Crippen molar-refractivity contribution >= 4 is 16.9 Å². The van der Waals surface area contributed by atoms with E-state index in [4.69, 9.17) is 5.11 Å². The molecule has 0 spiro atoms.